The Kier molecular flexibility index (Phi) is 6.31. The quantitative estimate of drug-likeness (QED) is 0.836. The molecule has 1 aromatic rings. The molecule has 0 bridgehead atoms. The van der Waals surface area contributed by atoms with Crippen LogP contribution in [0.1, 0.15) is 75.9 Å². The Morgan fingerprint density at radius 3 is 2.57 bits per heavy atom. The first-order valence-corrected chi connectivity index (χ1v) is 11.2. The van der Waals surface area contributed by atoms with Crippen molar-refractivity contribution in [2.75, 3.05) is 26.2 Å². The van der Waals surface area contributed by atoms with Gasteiger partial charge >= 0.3 is 0 Å². The van der Waals surface area contributed by atoms with Gasteiger partial charge in [-0.15, -0.1) is 10.2 Å². The van der Waals surface area contributed by atoms with Crippen LogP contribution in [0.5, 0.6) is 0 Å². The summed E-state index contributed by atoms with van der Waals surface area (Å²) in [5.74, 6) is 2.64. The highest BCUT2D eigenvalue weighted by atomic mass is 16.1. The van der Waals surface area contributed by atoms with Crippen molar-refractivity contribution in [2.45, 2.75) is 82.8 Å². The summed E-state index contributed by atoms with van der Waals surface area (Å²) in [6, 6.07) is 1.13. The van der Waals surface area contributed by atoms with Crippen molar-refractivity contribution in [3.05, 3.63) is 11.6 Å². The topological polar surface area (TPSA) is 66.3 Å². The molecule has 1 saturated heterocycles. The summed E-state index contributed by atoms with van der Waals surface area (Å²) in [5.41, 5.74) is 0. The molecule has 1 amide bonds. The van der Waals surface area contributed by atoms with Gasteiger partial charge in [0.1, 0.15) is 11.6 Å². The largest absolute Gasteiger partial charge is 0.354 e. The van der Waals surface area contributed by atoms with E-state index in [0.29, 0.717) is 12.0 Å². The minimum Gasteiger partial charge on any atom is -0.354 e. The molecule has 1 aromatic heterocycles. The van der Waals surface area contributed by atoms with Gasteiger partial charge in [-0.3, -0.25) is 14.6 Å². The lowest BCUT2D eigenvalue weighted by Crippen LogP contribution is -2.43. The van der Waals surface area contributed by atoms with Gasteiger partial charge in [-0.1, -0.05) is 19.3 Å². The van der Waals surface area contributed by atoms with Crippen LogP contribution >= 0.6 is 0 Å². The van der Waals surface area contributed by atoms with Gasteiger partial charge in [0.05, 0.1) is 6.54 Å². The molecule has 156 valence electrons. The lowest BCUT2D eigenvalue weighted by atomic mass is 9.79. The number of nitrogens with zero attached hydrogens (tertiary/aromatic N) is 5. The van der Waals surface area contributed by atoms with Gasteiger partial charge in [-0.05, 0) is 45.2 Å². The molecule has 0 aromatic carbocycles. The Morgan fingerprint density at radius 2 is 1.82 bits per heavy atom. The smallest absolute Gasteiger partial charge is 0.217 e. The minimum absolute atomic E-state index is 0.0607. The molecule has 0 spiro atoms. The van der Waals surface area contributed by atoms with Crippen LogP contribution in [0.2, 0.25) is 0 Å². The zero-order valence-corrected chi connectivity index (χ0v) is 17.6. The van der Waals surface area contributed by atoms with Crippen LogP contribution in [0.3, 0.4) is 0 Å². The molecule has 2 saturated carbocycles. The van der Waals surface area contributed by atoms with E-state index in [0.717, 1.165) is 50.2 Å². The Bertz CT molecular complexity index is 662. The third kappa shape index (κ3) is 4.57. The molecular weight excluding hydrogens is 352 g/mol. The van der Waals surface area contributed by atoms with Crippen LogP contribution in [0, 0.1) is 0 Å². The van der Waals surface area contributed by atoms with Crippen molar-refractivity contribution >= 4 is 5.91 Å². The van der Waals surface area contributed by atoms with Crippen LogP contribution in [0.15, 0.2) is 0 Å². The van der Waals surface area contributed by atoms with E-state index in [1.165, 1.54) is 51.6 Å². The molecule has 1 aliphatic heterocycles. The number of aromatic nitrogens is 3. The molecule has 7 nitrogen and oxygen atoms in total. The highest BCUT2D eigenvalue weighted by Gasteiger charge is 2.34. The SMILES string of the molecule is CC(=O)NC1CC(c2nnc(CN3CCCN(C4CCCCC4)CC3)n2C)C1. The van der Waals surface area contributed by atoms with Gasteiger partial charge in [-0.25, -0.2) is 0 Å². The van der Waals surface area contributed by atoms with Crippen LogP contribution < -0.4 is 5.32 Å². The third-order valence-electron chi connectivity index (χ3n) is 6.99. The summed E-state index contributed by atoms with van der Waals surface area (Å²) in [6.45, 7) is 7.20. The van der Waals surface area contributed by atoms with Gasteiger partial charge in [0.2, 0.25) is 5.91 Å². The number of amides is 1. The zero-order chi connectivity index (χ0) is 19.5. The predicted octanol–water partition coefficient (Wildman–Crippen LogP) is 2.04. The van der Waals surface area contributed by atoms with Crippen molar-refractivity contribution in [1.82, 2.24) is 29.9 Å². The summed E-state index contributed by atoms with van der Waals surface area (Å²) in [7, 11) is 2.10. The molecule has 3 fully saturated rings. The molecule has 0 unspecified atom stereocenters. The van der Waals surface area contributed by atoms with E-state index in [1.807, 2.05) is 0 Å². The van der Waals surface area contributed by atoms with Crippen molar-refractivity contribution < 1.29 is 4.79 Å². The van der Waals surface area contributed by atoms with Crippen LogP contribution in [0.25, 0.3) is 0 Å². The first-order chi connectivity index (χ1) is 13.6. The van der Waals surface area contributed by atoms with Gasteiger partial charge < -0.3 is 9.88 Å². The van der Waals surface area contributed by atoms with Crippen molar-refractivity contribution in [3.8, 4) is 0 Å². The lowest BCUT2D eigenvalue weighted by molar-refractivity contribution is -0.120. The van der Waals surface area contributed by atoms with E-state index in [-0.39, 0.29) is 5.91 Å². The van der Waals surface area contributed by atoms with Gasteiger partial charge in [-0.2, -0.15) is 0 Å². The fraction of sp³-hybridized carbons (Fsp3) is 0.857. The van der Waals surface area contributed by atoms with Gasteiger partial charge in [0.25, 0.3) is 0 Å². The maximum atomic E-state index is 11.2. The Hall–Kier alpha value is -1.47. The van der Waals surface area contributed by atoms with E-state index in [2.05, 4.69) is 36.9 Å². The third-order valence-corrected chi connectivity index (χ3v) is 6.99. The number of carbonyl (C=O) groups is 1. The number of hydrogen-bond donors (Lipinski definition) is 1. The summed E-state index contributed by atoms with van der Waals surface area (Å²) >= 11 is 0. The second-order valence-corrected chi connectivity index (χ2v) is 9.06. The first kappa shape index (κ1) is 19.8. The molecule has 0 atom stereocenters. The monoisotopic (exact) mass is 388 g/mol. The lowest BCUT2D eigenvalue weighted by Gasteiger charge is -2.34. The van der Waals surface area contributed by atoms with Crippen molar-refractivity contribution in [2.24, 2.45) is 7.05 Å². The summed E-state index contributed by atoms with van der Waals surface area (Å²) < 4.78 is 2.19. The second kappa shape index (κ2) is 8.91. The number of nitrogens with one attached hydrogen (secondary N) is 1. The highest BCUT2D eigenvalue weighted by Crippen LogP contribution is 2.36. The fourth-order valence-corrected chi connectivity index (χ4v) is 5.26. The van der Waals surface area contributed by atoms with E-state index < -0.39 is 0 Å². The molecule has 0 radical (unpaired) electrons. The van der Waals surface area contributed by atoms with Crippen molar-refractivity contribution in [1.29, 1.82) is 0 Å². The fourth-order valence-electron chi connectivity index (χ4n) is 5.26. The maximum absolute atomic E-state index is 11.2. The van der Waals surface area contributed by atoms with E-state index in [4.69, 9.17) is 0 Å². The van der Waals surface area contributed by atoms with E-state index in [1.54, 1.807) is 6.92 Å². The Morgan fingerprint density at radius 1 is 1.04 bits per heavy atom. The maximum Gasteiger partial charge on any atom is 0.217 e. The molecule has 3 aliphatic rings. The summed E-state index contributed by atoms with van der Waals surface area (Å²) in [4.78, 5) is 16.5. The molecule has 7 heteroatoms. The normalized spacial score (nSPS) is 27.9. The second-order valence-electron chi connectivity index (χ2n) is 9.06. The highest BCUT2D eigenvalue weighted by molar-refractivity contribution is 5.73. The molecule has 2 aliphatic carbocycles. The Labute approximate surface area is 168 Å². The average molecular weight is 389 g/mol. The minimum atomic E-state index is 0.0607. The Balaban J connectivity index is 1.29. The van der Waals surface area contributed by atoms with Crippen LogP contribution in [-0.4, -0.2) is 68.7 Å². The number of rotatable bonds is 5. The zero-order valence-electron chi connectivity index (χ0n) is 17.6. The van der Waals surface area contributed by atoms with Gasteiger partial charge in [0.15, 0.2) is 0 Å². The molecular formula is C21H36N6O. The van der Waals surface area contributed by atoms with Crippen molar-refractivity contribution in [3.63, 3.8) is 0 Å². The first-order valence-electron chi connectivity index (χ1n) is 11.2. The van der Waals surface area contributed by atoms with Gasteiger partial charge in [0, 0.05) is 45.1 Å². The number of carbonyl (C=O) groups excluding carboxylic acids is 1. The molecule has 28 heavy (non-hydrogen) atoms. The predicted molar refractivity (Wildman–Crippen MR) is 109 cm³/mol. The summed E-state index contributed by atoms with van der Waals surface area (Å²) in [5, 5.41) is 12.0. The number of hydrogen-bond acceptors (Lipinski definition) is 5. The molecule has 2 heterocycles. The summed E-state index contributed by atoms with van der Waals surface area (Å²) in [6.07, 6.45) is 10.3. The van der Waals surface area contributed by atoms with Crippen LogP contribution in [0.4, 0.5) is 0 Å². The average Bonchev–Trinajstić information content (AvgIpc) is 2.86. The molecule has 4 rings (SSSR count). The van der Waals surface area contributed by atoms with E-state index >= 15 is 0 Å². The van der Waals surface area contributed by atoms with E-state index in [9.17, 15) is 4.79 Å². The molecule has 1 N–H and O–H groups in total. The van der Waals surface area contributed by atoms with Crippen LogP contribution in [-0.2, 0) is 18.4 Å². The standard InChI is InChI=1S/C21H36N6O/c1-16(28)22-18-13-17(14-18)21-24-23-20(25(21)2)15-26-9-6-10-27(12-11-26)19-7-4-3-5-8-19/h17-19H,3-15H2,1-2H3,(H,22,28).